The Morgan fingerprint density at radius 2 is 1.74 bits per heavy atom. The summed E-state index contributed by atoms with van der Waals surface area (Å²) in [4.78, 5) is 87.9. The molecule has 28 heteroatoms. The number of carbonyl (C=O) groups is 3. The number of phosphoric ester groups is 3. The predicted molar refractivity (Wildman–Crippen MR) is 218 cm³/mol. The first-order valence-electron chi connectivity index (χ1n) is 19.0. The zero-order valence-electron chi connectivity index (χ0n) is 33.7. The summed E-state index contributed by atoms with van der Waals surface area (Å²) in [6.07, 6.45) is 3.71. The van der Waals surface area contributed by atoms with Crippen molar-refractivity contribution < 1.29 is 80.5 Å². The molecule has 0 saturated carbocycles. The van der Waals surface area contributed by atoms with E-state index in [0.29, 0.717) is 5.75 Å². The highest BCUT2D eigenvalue weighted by Crippen LogP contribution is 2.61. The topological polar surface area (TPSA) is 364 Å². The number of nitrogen functional groups attached to an aromatic ring is 1. The lowest BCUT2D eigenvalue weighted by molar-refractivity contribution is -0.137. The van der Waals surface area contributed by atoms with Crippen molar-refractivity contribution in [3.8, 4) is 0 Å². The van der Waals surface area contributed by atoms with Crippen LogP contribution in [0.25, 0.3) is 11.2 Å². The third-order valence-electron chi connectivity index (χ3n) is 8.72. The van der Waals surface area contributed by atoms with Crippen molar-refractivity contribution in [2.75, 3.05) is 37.8 Å². The molecule has 61 heavy (non-hydrogen) atoms. The minimum atomic E-state index is -5.57. The minimum absolute atomic E-state index is 0.0305. The first-order valence-corrected chi connectivity index (χ1v) is 24.5. The number of phosphoric acid groups is 3. The number of allylic oxidation sites excluding steroid dienone is 1. The predicted octanol–water partition coefficient (Wildman–Crippen LogP) is 2.13. The summed E-state index contributed by atoms with van der Waals surface area (Å²) in [5.74, 6) is -1.12. The van der Waals surface area contributed by atoms with Gasteiger partial charge in [-0.15, -0.1) is 5.73 Å². The van der Waals surface area contributed by atoms with Crippen LogP contribution in [-0.4, -0.2) is 123 Å². The second kappa shape index (κ2) is 24.2. The molecule has 24 nitrogen and oxygen atoms in total. The third-order valence-corrected chi connectivity index (χ3v) is 12.7. The van der Waals surface area contributed by atoms with Crippen LogP contribution >= 0.6 is 35.2 Å². The number of unbranched alkanes of at least 4 members (excludes halogenated alkanes) is 5. The minimum Gasteiger partial charge on any atom is -0.386 e. The fraction of sp³-hybridized carbons (Fsp3) is 0.667. The molecule has 1 saturated heterocycles. The average Bonchev–Trinajstić information content (AvgIpc) is 3.73. The van der Waals surface area contributed by atoms with Gasteiger partial charge in [0.2, 0.25) is 11.8 Å². The highest BCUT2D eigenvalue weighted by Gasteiger charge is 2.50. The summed E-state index contributed by atoms with van der Waals surface area (Å²) in [5, 5.41) is 26.4. The van der Waals surface area contributed by atoms with Crippen LogP contribution in [0.2, 0.25) is 0 Å². The van der Waals surface area contributed by atoms with E-state index in [1.807, 2.05) is 6.08 Å². The molecule has 0 spiro atoms. The largest absolute Gasteiger partial charge is 0.481 e. The zero-order chi connectivity index (χ0) is 45.4. The molecule has 2 unspecified atom stereocenters. The molecule has 0 aromatic carbocycles. The van der Waals surface area contributed by atoms with E-state index in [2.05, 4.69) is 47.1 Å². The molecular weight excluding hydrogens is 891 g/mol. The van der Waals surface area contributed by atoms with Crippen LogP contribution in [-0.2, 0) is 50.7 Å². The zero-order valence-corrected chi connectivity index (χ0v) is 37.2. The Hall–Kier alpha value is -2.92. The number of fused-ring (bicyclic) bond motifs is 1. The molecule has 1 aliphatic rings. The van der Waals surface area contributed by atoms with Crippen LogP contribution in [0.15, 0.2) is 30.5 Å². The normalized spacial score (nSPS) is 20.6. The lowest BCUT2D eigenvalue weighted by atomic mass is 9.87. The first kappa shape index (κ1) is 52.4. The number of nitrogens with one attached hydrogen (secondary N) is 2. The highest BCUT2D eigenvalue weighted by atomic mass is 32.2. The smallest absolute Gasteiger partial charge is 0.386 e. The third kappa shape index (κ3) is 18.0. The van der Waals surface area contributed by atoms with Crippen LogP contribution in [0.1, 0.15) is 78.4 Å². The van der Waals surface area contributed by atoms with E-state index in [1.165, 1.54) is 39.5 Å². The number of hydrogen-bond acceptors (Lipinski definition) is 18. The number of aromatic nitrogens is 4. The van der Waals surface area contributed by atoms with Gasteiger partial charge in [-0.25, -0.2) is 28.6 Å². The molecule has 1 fully saturated rings. The van der Waals surface area contributed by atoms with Crippen molar-refractivity contribution >= 4 is 69.1 Å². The SMILES string of the molecule is CCCCCCCC=C=CCC(=O)SCCNC(=O)CCNC(=O)[C@@H](O)C(C)(C)COP(=O)(O)OP(=O)(O)OC[C@H]1O[C@@H](n2cnc3c(N)ncnc32)[C@H](O)[C@@H]1OP(=O)(O)O. The lowest BCUT2D eigenvalue weighted by Crippen LogP contribution is -2.46. The maximum Gasteiger partial charge on any atom is 0.481 e. The number of carbonyl (C=O) groups excluding carboxylic acids is 3. The number of hydrogen-bond donors (Lipinski definition) is 9. The van der Waals surface area contributed by atoms with Crippen LogP contribution in [0.5, 0.6) is 0 Å². The van der Waals surface area contributed by atoms with Gasteiger partial charge >= 0.3 is 23.5 Å². The van der Waals surface area contributed by atoms with Crippen LogP contribution < -0.4 is 16.4 Å². The molecule has 2 amide bonds. The Morgan fingerprint density at radius 1 is 1.03 bits per heavy atom. The van der Waals surface area contributed by atoms with Gasteiger partial charge in [0.25, 0.3) is 0 Å². The van der Waals surface area contributed by atoms with Crippen molar-refractivity contribution in [1.29, 1.82) is 0 Å². The molecule has 10 N–H and O–H groups in total. The number of rotatable bonds is 27. The Labute approximate surface area is 355 Å². The average molecular weight is 946 g/mol. The van der Waals surface area contributed by atoms with E-state index < -0.39 is 84.6 Å². The molecule has 0 bridgehead atoms. The van der Waals surface area contributed by atoms with Gasteiger partial charge in [-0.2, -0.15) is 4.31 Å². The summed E-state index contributed by atoms with van der Waals surface area (Å²) >= 11 is 1.06. The van der Waals surface area contributed by atoms with Gasteiger partial charge in [0.05, 0.1) is 19.5 Å². The van der Waals surface area contributed by atoms with Gasteiger partial charge in [-0.3, -0.25) is 32.5 Å². The molecule has 2 aromatic heterocycles. The van der Waals surface area contributed by atoms with Crippen molar-refractivity contribution in [2.45, 2.75) is 103 Å². The monoisotopic (exact) mass is 945 g/mol. The van der Waals surface area contributed by atoms with Crippen LogP contribution in [0.4, 0.5) is 5.82 Å². The summed E-state index contributed by atoms with van der Waals surface area (Å²) in [6.45, 7) is 2.65. The Kier molecular flexibility index (Phi) is 20.8. The molecule has 7 atom stereocenters. The lowest BCUT2D eigenvalue weighted by Gasteiger charge is -2.30. The number of nitrogens with zero attached hydrogens (tertiary/aromatic N) is 4. The standard InChI is InChI=1S/C33H54N7O17P3S/c1-4-5-6-7-8-9-10-11-12-13-24(42)61-17-16-35-23(41)14-15-36-31(45)28(44)33(2,3)19-54-60(51,52)57-59(49,50)53-18-22-27(56-58(46,47)48)26(43)32(55-22)40-21-39-25-29(34)37-20-38-30(25)40/h10,12,20-22,26-28,32,43-44H,4-9,13-19H2,1-3H3,(H,35,41)(H,36,45)(H,49,50)(H,51,52)(H2,34,37,38)(H2,46,47,48)/t11?,22-,26-,27-,28-,32-/m1/s1. The number of amides is 2. The Morgan fingerprint density at radius 3 is 2.44 bits per heavy atom. The number of thioether (sulfide) groups is 1. The number of nitrogens with two attached hydrogens (primary N) is 1. The molecule has 1 aliphatic heterocycles. The van der Waals surface area contributed by atoms with E-state index in [9.17, 15) is 57.9 Å². The van der Waals surface area contributed by atoms with E-state index in [0.717, 1.165) is 41.8 Å². The van der Waals surface area contributed by atoms with Crippen molar-refractivity contribution in [1.82, 2.24) is 30.2 Å². The van der Waals surface area contributed by atoms with Gasteiger partial charge < -0.3 is 50.9 Å². The van der Waals surface area contributed by atoms with E-state index >= 15 is 0 Å². The number of aliphatic hydroxyl groups is 2. The van der Waals surface area contributed by atoms with E-state index in [4.69, 9.17) is 19.5 Å². The van der Waals surface area contributed by atoms with Crippen LogP contribution in [0, 0.1) is 5.41 Å². The van der Waals surface area contributed by atoms with Crippen molar-refractivity contribution in [3.63, 3.8) is 0 Å². The molecular formula is C33H54N7O17P3S. The van der Waals surface area contributed by atoms with Crippen molar-refractivity contribution in [3.05, 3.63) is 30.5 Å². The maximum atomic E-state index is 12.7. The molecule has 0 aliphatic carbocycles. The number of ether oxygens (including phenoxy) is 1. The van der Waals surface area contributed by atoms with Crippen LogP contribution in [0.3, 0.4) is 0 Å². The number of imidazole rings is 1. The molecule has 344 valence electrons. The number of aliphatic hydroxyl groups excluding tert-OH is 2. The van der Waals surface area contributed by atoms with Gasteiger partial charge in [-0.05, 0) is 25.0 Å². The van der Waals surface area contributed by atoms with Gasteiger partial charge in [0.1, 0.15) is 36.3 Å². The molecule has 3 rings (SSSR count). The summed E-state index contributed by atoms with van der Waals surface area (Å²) in [5.41, 5.74) is 7.28. The summed E-state index contributed by atoms with van der Waals surface area (Å²) in [7, 11) is -16.4. The Balaban J connectivity index is 1.41. The summed E-state index contributed by atoms with van der Waals surface area (Å²) in [6, 6.07) is 0. The first-order chi connectivity index (χ1) is 28.6. The van der Waals surface area contributed by atoms with Gasteiger partial charge in [0.15, 0.2) is 22.8 Å². The second-order valence-corrected chi connectivity index (χ2v) is 19.7. The van der Waals surface area contributed by atoms with E-state index in [-0.39, 0.29) is 48.0 Å². The van der Waals surface area contributed by atoms with Gasteiger partial charge in [-0.1, -0.05) is 58.2 Å². The fourth-order valence-electron chi connectivity index (χ4n) is 5.51. The summed E-state index contributed by atoms with van der Waals surface area (Å²) < 4.78 is 62.2. The van der Waals surface area contributed by atoms with E-state index in [1.54, 1.807) is 6.08 Å². The highest BCUT2D eigenvalue weighted by molar-refractivity contribution is 8.13. The quantitative estimate of drug-likeness (QED) is 0.0352. The number of anilines is 1. The molecule has 0 radical (unpaired) electrons. The second-order valence-electron chi connectivity index (χ2n) is 14.3. The van der Waals surface area contributed by atoms with Gasteiger partial charge in [0, 0.05) is 37.1 Å². The fourth-order valence-corrected chi connectivity index (χ4v) is 8.97. The molecule has 2 aromatic rings. The molecule has 3 heterocycles. The maximum absolute atomic E-state index is 12.7. The Bertz CT molecular complexity index is 2000. The van der Waals surface area contributed by atoms with Crippen molar-refractivity contribution in [2.24, 2.45) is 5.41 Å².